The van der Waals surface area contributed by atoms with Crippen LogP contribution in [-0.4, -0.2) is 102 Å². The molecule has 0 aliphatic carbocycles. The lowest BCUT2D eigenvalue weighted by molar-refractivity contribution is -0.131. The number of hydrogen-bond acceptors (Lipinski definition) is 9. The van der Waals surface area contributed by atoms with Gasteiger partial charge in [-0.15, -0.1) is 0 Å². The molecule has 56 heavy (non-hydrogen) atoms. The highest BCUT2D eigenvalue weighted by Crippen LogP contribution is 2.20. The molecular weight excluding hydrogens is 713 g/mol. The van der Waals surface area contributed by atoms with E-state index in [1.807, 2.05) is 86.6 Å². The molecule has 0 saturated carbocycles. The first-order chi connectivity index (χ1) is 27.1. The van der Waals surface area contributed by atoms with E-state index in [0.29, 0.717) is 32.7 Å². The zero-order valence-corrected chi connectivity index (χ0v) is 32.2. The Morgan fingerprint density at radius 1 is 0.804 bits per heavy atom. The van der Waals surface area contributed by atoms with E-state index >= 15 is 0 Å². The first-order valence-electron chi connectivity index (χ1n) is 19.3. The maximum atomic E-state index is 14.3. The van der Waals surface area contributed by atoms with Crippen LogP contribution >= 0.6 is 0 Å². The largest absolute Gasteiger partial charge is 0.445 e. The van der Waals surface area contributed by atoms with Crippen LogP contribution in [0.4, 0.5) is 4.79 Å². The molecule has 5 rings (SSSR count). The number of ether oxygens (including phenoxy) is 2. The van der Waals surface area contributed by atoms with Gasteiger partial charge in [-0.3, -0.25) is 24.3 Å². The molecule has 4 aromatic rings. The molecule has 2 heterocycles. The smallest absolute Gasteiger partial charge is 0.408 e. The Kier molecular flexibility index (Phi) is 16.2. The van der Waals surface area contributed by atoms with E-state index in [9.17, 15) is 24.3 Å². The van der Waals surface area contributed by atoms with Gasteiger partial charge >= 0.3 is 6.09 Å². The van der Waals surface area contributed by atoms with E-state index in [1.165, 1.54) is 0 Å². The maximum absolute atomic E-state index is 14.3. The lowest BCUT2D eigenvalue weighted by Crippen LogP contribution is -2.57. The van der Waals surface area contributed by atoms with Crippen LogP contribution in [0.25, 0.3) is 10.8 Å². The summed E-state index contributed by atoms with van der Waals surface area (Å²) in [5, 5.41) is 24.7. The fourth-order valence-corrected chi connectivity index (χ4v) is 6.73. The topological polar surface area (TPSA) is 171 Å². The second-order valence-electron chi connectivity index (χ2n) is 14.5. The summed E-state index contributed by atoms with van der Waals surface area (Å²) in [6, 6.07) is 23.3. The van der Waals surface area contributed by atoms with Crippen molar-refractivity contribution < 1.29 is 33.8 Å². The molecule has 1 aliphatic rings. The van der Waals surface area contributed by atoms with E-state index < -0.39 is 42.1 Å². The van der Waals surface area contributed by atoms with Crippen molar-refractivity contribution in [3.8, 4) is 0 Å². The van der Waals surface area contributed by atoms with Crippen molar-refractivity contribution in [2.24, 2.45) is 5.92 Å². The van der Waals surface area contributed by atoms with Gasteiger partial charge in [-0.2, -0.15) is 0 Å². The summed E-state index contributed by atoms with van der Waals surface area (Å²) in [6.45, 7) is 7.97. The molecule has 3 aromatic carbocycles. The summed E-state index contributed by atoms with van der Waals surface area (Å²) in [6.07, 6.45) is 1.64. The van der Waals surface area contributed by atoms with Gasteiger partial charge in [-0.05, 0) is 51.9 Å². The van der Waals surface area contributed by atoms with Gasteiger partial charge in [0.1, 0.15) is 18.7 Å². The molecule has 5 N–H and O–H groups in total. The highest BCUT2D eigenvalue weighted by molar-refractivity contribution is 5.93. The Morgan fingerprint density at radius 2 is 1.48 bits per heavy atom. The number of morpholine rings is 1. The maximum Gasteiger partial charge on any atom is 0.408 e. The molecule has 0 bridgehead atoms. The number of rotatable bonds is 19. The molecule has 1 fully saturated rings. The molecule has 1 unspecified atom stereocenters. The SMILES string of the molecule is CC(C)C[C@H](NC(=O)C(Cc1ccncc1)NC(=O)[C@H](Cc1cccc2ccccc12)NC(=O)OCc1ccccc1)[C@@H](O)CC(=O)NCCN1CCOCC1. The first-order valence-corrected chi connectivity index (χ1v) is 19.3. The predicted octanol–water partition coefficient (Wildman–Crippen LogP) is 3.53. The normalized spacial score (nSPS) is 15.3. The van der Waals surface area contributed by atoms with E-state index in [2.05, 4.69) is 31.2 Å². The third kappa shape index (κ3) is 13.4. The minimum atomic E-state index is -1.18. The van der Waals surface area contributed by atoms with Crippen LogP contribution < -0.4 is 21.3 Å². The number of carbonyl (C=O) groups excluding carboxylic acids is 4. The fourth-order valence-electron chi connectivity index (χ4n) is 6.73. The van der Waals surface area contributed by atoms with E-state index in [0.717, 1.165) is 40.6 Å². The van der Waals surface area contributed by atoms with Crippen LogP contribution in [-0.2, 0) is 43.3 Å². The highest BCUT2D eigenvalue weighted by Gasteiger charge is 2.32. The number of alkyl carbamates (subject to hydrolysis) is 1. The molecule has 1 aliphatic heterocycles. The lowest BCUT2D eigenvalue weighted by Gasteiger charge is -2.29. The zero-order valence-electron chi connectivity index (χ0n) is 32.2. The molecule has 0 radical (unpaired) electrons. The summed E-state index contributed by atoms with van der Waals surface area (Å²) < 4.78 is 10.9. The molecule has 4 atom stereocenters. The number of carbonyl (C=O) groups is 4. The minimum absolute atomic E-state index is 0.00775. The van der Waals surface area contributed by atoms with E-state index in [4.69, 9.17) is 9.47 Å². The van der Waals surface area contributed by atoms with Crippen molar-refractivity contribution in [3.63, 3.8) is 0 Å². The van der Waals surface area contributed by atoms with Gasteiger partial charge in [0.25, 0.3) is 0 Å². The van der Waals surface area contributed by atoms with Gasteiger partial charge in [-0.1, -0.05) is 86.6 Å². The molecule has 13 nitrogen and oxygen atoms in total. The number of amides is 4. The van der Waals surface area contributed by atoms with E-state index in [1.54, 1.807) is 24.5 Å². The van der Waals surface area contributed by atoms with Gasteiger partial charge in [0.05, 0.1) is 31.8 Å². The van der Waals surface area contributed by atoms with Gasteiger partial charge in [0.2, 0.25) is 17.7 Å². The Bertz CT molecular complexity index is 1850. The number of benzene rings is 3. The summed E-state index contributed by atoms with van der Waals surface area (Å²) in [5.41, 5.74) is 2.35. The van der Waals surface area contributed by atoms with E-state index in [-0.39, 0.29) is 37.7 Å². The van der Waals surface area contributed by atoms with Crippen LogP contribution in [0.3, 0.4) is 0 Å². The number of fused-ring (bicyclic) bond motifs is 1. The average molecular weight is 767 g/mol. The molecule has 4 amide bonds. The third-order valence-corrected chi connectivity index (χ3v) is 9.71. The molecule has 0 spiro atoms. The van der Waals surface area contributed by atoms with Crippen molar-refractivity contribution in [2.75, 3.05) is 39.4 Å². The Labute approximate surface area is 328 Å². The van der Waals surface area contributed by atoms with Crippen molar-refractivity contribution in [2.45, 2.75) is 70.4 Å². The molecule has 13 heteroatoms. The fraction of sp³-hybridized carbons (Fsp3) is 0.419. The summed E-state index contributed by atoms with van der Waals surface area (Å²) in [5.74, 6) is -1.38. The van der Waals surface area contributed by atoms with Crippen molar-refractivity contribution in [3.05, 3.63) is 114 Å². The Hall–Kier alpha value is -5.37. The third-order valence-electron chi connectivity index (χ3n) is 9.71. The summed E-state index contributed by atoms with van der Waals surface area (Å²) in [7, 11) is 0. The van der Waals surface area contributed by atoms with Crippen LogP contribution in [0.2, 0.25) is 0 Å². The van der Waals surface area contributed by atoms with Gasteiger partial charge in [0, 0.05) is 51.4 Å². The number of nitrogens with zero attached hydrogens (tertiary/aromatic N) is 2. The number of aliphatic hydroxyl groups excluding tert-OH is 1. The van der Waals surface area contributed by atoms with Gasteiger partial charge in [0.15, 0.2) is 0 Å². The summed E-state index contributed by atoms with van der Waals surface area (Å²) in [4.78, 5) is 60.8. The van der Waals surface area contributed by atoms with Crippen LogP contribution in [0, 0.1) is 5.92 Å². The van der Waals surface area contributed by atoms with Crippen molar-refractivity contribution in [1.82, 2.24) is 31.2 Å². The highest BCUT2D eigenvalue weighted by atomic mass is 16.5. The number of aromatic nitrogens is 1. The van der Waals surface area contributed by atoms with Crippen LogP contribution in [0.5, 0.6) is 0 Å². The van der Waals surface area contributed by atoms with Crippen LogP contribution in [0.15, 0.2) is 97.3 Å². The molecule has 1 aromatic heterocycles. The lowest BCUT2D eigenvalue weighted by atomic mass is 9.95. The van der Waals surface area contributed by atoms with Crippen molar-refractivity contribution in [1.29, 1.82) is 0 Å². The second-order valence-corrected chi connectivity index (χ2v) is 14.5. The summed E-state index contributed by atoms with van der Waals surface area (Å²) >= 11 is 0. The van der Waals surface area contributed by atoms with Crippen LogP contribution in [0.1, 0.15) is 43.4 Å². The number of nitrogens with one attached hydrogen (secondary N) is 4. The molecule has 298 valence electrons. The average Bonchev–Trinajstić information content (AvgIpc) is 3.20. The Morgan fingerprint density at radius 3 is 2.23 bits per heavy atom. The van der Waals surface area contributed by atoms with Crippen molar-refractivity contribution >= 4 is 34.6 Å². The first kappa shape index (κ1) is 41.8. The number of aliphatic hydroxyl groups is 1. The minimum Gasteiger partial charge on any atom is -0.445 e. The quantitative estimate of drug-likeness (QED) is 0.0959. The monoisotopic (exact) mass is 766 g/mol. The van der Waals surface area contributed by atoms with Gasteiger partial charge < -0.3 is 35.8 Å². The zero-order chi connectivity index (χ0) is 39.7. The number of pyridine rings is 1. The molecular formula is C43H54N6O7. The standard InChI is InChI=1S/C43H54N6O7/c1-30(2)25-36(39(50)28-40(51)45-19-20-49-21-23-55-24-22-49)46-41(52)37(26-31-15-17-44-18-16-31)47-42(53)38(48-43(54)56-29-32-9-4-3-5-10-32)27-34-13-8-12-33-11-6-7-14-35(33)34/h3-18,30,36-39,50H,19-29H2,1-2H3,(H,45,51)(H,46,52)(H,47,53)(H,48,54)/t36-,37?,38-,39-/m0/s1. The number of hydrogen-bond donors (Lipinski definition) is 5. The Balaban J connectivity index is 1.31. The second kappa shape index (κ2) is 21.6. The predicted molar refractivity (Wildman–Crippen MR) is 213 cm³/mol. The van der Waals surface area contributed by atoms with Gasteiger partial charge in [-0.25, -0.2) is 4.79 Å². The molecule has 1 saturated heterocycles.